The van der Waals surface area contributed by atoms with E-state index in [-0.39, 0.29) is 17.5 Å². The standard InChI is InChI=1S/C27H29ClN2O4S/c1-18-10-12-22-23(16-27(3,4)34-25(22)14-18)29-26(31)17-30(24-13-11-20(28)15-19(24)2)35(32,33)21-8-6-5-7-9-21/h5-15,23H,16-17H2,1-4H3,(H,29,31). The number of ether oxygens (including phenoxy) is 1. The zero-order valence-electron chi connectivity index (χ0n) is 20.2. The number of benzene rings is 3. The van der Waals surface area contributed by atoms with Crippen LogP contribution in [0.25, 0.3) is 0 Å². The molecule has 6 nitrogen and oxygen atoms in total. The Labute approximate surface area is 211 Å². The molecule has 1 unspecified atom stereocenters. The van der Waals surface area contributed by atoms with Crippen LogP contribution < -0.4 is 14.4 Å². The summed E-state index contributed by atoms with van der Waals surface area (Å²) in [5, 5.41) is 3.54. The van der Waals surface area contributed by atoms with Crippen molar-refractivity contribution in [3.8, 4) is 5.75 Å². The second-order valence-corrected chi connectivity index (χ2v) is 11.8. The summed E-state index contributed by atoms with van der Waals surface area (Å²) in [6.07, 6.45) is 0.556. The lowest BCUT2D eigenvalue weighted by molar-refractivity contribution is -0.120. The average molecular weight is 513 g/mol. The normalized spacial score (nSPS) is 16.7. The smallest absolute Gasteiger partial charge is 0.264 e. The van der Waals surface area contributed by atoms with Crippen LogP contribution >= 0.6 is 11.6 Å². The maximum Gasteiger partial charge on any atom is 0.264 e. The van der Waals surface area contributed by atoms with E-state index in [1.165, 1.54) is 12.1 Å². The number of amides is 1. The Bertz CT molecular complexity index is 1360. The van der Waals surface area contributed by atoms with E-state index in [0.717, 1.165) is 21.2 Å². The Balaban J connectivity index is 1.67. The molecule has 0 aliphatic carbocycles. The molecule has 1 N–H and O–H groups in total. The molecule has 0 radical (unpaired) electrons. The van der Waals surface area contributed by atoms with Gasteiger partial charge in [0.2, 0.25) is 5.91 Å². The third-order valence-corrected chi connectivity index (χ3v) is 8.02. The first kappa shape index (κ1) is 25.1. The summed E-state index contributed by atoms with van der Waals surface area (Å²) in [7, 11) is -4.01. The van der Waals surface area contributed by atoms with Gasteiger partial charge in [-0.3, -0.25) is 9.10 Å². The number of rotatable bonds is 6. The van der Waals surface area contributed by atoms with Crippen LogP contribution in [0.1, 0.15) is 43.0 Å². The molecule has 0 bridgehead atoms. The fourth-order valence-corrected chi connectivity index (χ4v) is 6.11. The van der Waals surface area contributed by atoms with Crippen LogP contribution in [0.5, 0.6) is 5.75 Å². The van der Waals surface area contributed by atoms with Gasteiger partial charge in [-0.15, -0.1) is 0 Å². The number of anilines is 1. The first-order valence-corrected chi connectivity index (χ1v) is 13.2. The molecule has 1 aliphatic rings. The van der Waals surface area contributed by atoms with Gasteiger partial charge < -0.3 is 10.1 Å². The molecular weight excluding hydrogens is 484 g/mol. The molecule has 1 amide bonds. The second-order valence-electron chi connectivity index (χ2n) is 9.48. The minimum absolute atomic E-state index is 0.107. The molecule has 4 rings (SSSR count). The number of halogens is 1. The van der Waals surface area contributed by atoms with Crippen molar-refractivity contribution in [2.75, 3.05) is 10.8 Å². The van der Waals surface area contributed by atoms with Gasteiger partial charge in [-0.1, -0.05) is 41.9 Å². The van der Waals surface area contributed by atoms with E-state index in [4.69, 9.17) is 16.3 Å². The average Bonchev–Trinajstić information content (AvgIpc) is 2.77. The van der Waals surface area contributed by atoms with Gasteiger partial charge in [0.15, 0.2) is 0 Å². The third kappa shape index (κ3) is 5.46. The fourth-order valence-electron chi connectivity index (χ4n) is 4.38. The van der Waals surface area contributed by atoms with Crippen molar-refractivity contribution in [3.05, 3.63) is 88.4 Å². The number of hydrogen-bond acceptors (Lipinski definition) is 4. The van der Waals surface area contributed by atoms with E-state index in [1.54, 1.807) is 43.3 Å². The first-order valence-electron chi connectivity index (χ1n) is 11.4. The van der Waals surface area contributed by atoms with Gasteiger partial charge in [0, 0.05) is 17.0 Å². The van der Waals surface area contributed by atoms with Crippen LogP contribution in [0.2, 0.25) is 5.02 Å². The number of carbonyl (C=O) groups is 1. The van der Waals surface area contributed by atoms with Gasteiger partial charge >= 0.3 is 0 Å². The van der Waals surface area contributed by atoms with Gasteiger partial charge in [0.25, 0.3) is 10.0 Å². The molecule has 1 heterocycles. The zero-order valence-corrected chi connectivity index (χ0v) is 21.8. The van der Waals surface area contributed by atoms with E-state index in [0.29, 0.717) is 22.7 Å². The maximum absolute atomic E-state index is 13.6. The van der Waals surface area contributed by atoms with Crippen molar-refractivity contribution < 1.29 is 17.9 Å². The van der Waals surface area contributed by atoms with Crippen molar-refractivity contribution in [2.24, 2.45) is 0 Å². The largest absolute Gasteiger partial charge is 0.487 e. The predicted octanol–water partition coefficient (Wildman–Crippen LogP) is 5.57. The van der Waals surface area contributed by atoms with Crippen LogP contribution in [0.4, 0.5) is 5.69 Å². The van der Waals surface area contributed by atoms with Gasteiger partial charge in [-0.05, 0) is 75.2 Å². The molecule has 0 spiro atoms. The van der Waals surface area contributed by atoms with Crippen molar-refractivity contribution >= 4 is 33.2 Å². The molecule has 1 atom stereocenters. The molecule has 35 heavy (non-hydrogen) atoms. The summed E-state index contributed by atoms with van der Waals surface area (Å²) in [6.45, 7) is 7.33. The summed E-state index contributed by atoms with van der Waals surface area (Å²) in [6, 6.07) is 18.6. The molecule has 3 aromatic carbocycles. The highest BCUT2D eigenvalue weighted by atomic mass is 35.5. The van der Waals surface area contributed by atoms with E-state index < -0.39 is 21.5 Å². The van der Waals surface area contributed by atoms with E-state index in [2.05, 4.69) is 5.32 Å². The molecule has 0 saturated heterocycles. The second kappa shape index (κ2) is 9.55. The van der Waals surface area contributed by atoms with Gasteiger partial charge in [0.05, 0.1) is 16.6 Å². The minimum Gasteiger partial charge on any atom is -0.487 e. The molecule has 0 aromatic heterocycles. The van der Waals surface area contributed by atoms with Crippen LogP contribution in [0, 0.1) is 13.8 Å². The number of nitrogens with one attached hydrogen (secondary N) is 1. The van der Waals surface area contributed by atoms with Crippen LogP contribution in [0.3, 0.4) is 0 Å². The molecule has 8 heteroatoms. The predicted molar refractivity (Wildman–Crippen MR) is 139 cm³/mol. The Hall–Kier alpha value is -3.03. The van der Waals surface area contributed by atoms with Crippen molar-refractivity contribution in [1.29, 1.82) is 0 Å². The Morgan fingerprint density at radius 2 is 1.80 bits per heavy atom. The SMILES string of the molecule is Cc1ccc2c(c1)OC(C)(C)CC2NC(=O)CN(c1ccc(Cl)cc1C)S(=O)(=O)c1ccccc1. The highest BCUT2D eigenvalue weighted by Gasteiger charge is 2.36. The summed E-state index contributed by atoms with van der Waals surface area (Å²) in [5.74, 6) is 0.321. The van der Waals surface area contributed by atoms with E-state index in [1.807, 2.05) is 39.0 Å². The monoisotopic (exact) mass is 512 g/mol. The Morgan fingerprint density at radius 1 is 1.09 bits per heavy atom. The molecule has 0 fully saturated rings. The highest BCUT2D eigenvalue weighted by Crippen LogP contribution is 2.40. The highest BCUT2D eigenvalue weighted by molar-refractivity contribution is 7.92. The van der Waals surface area contributed by atoms with E-state index in [9.17, 15) is 13.2 Å². The van der Waals surface area contributed by atoms with Crippen LogP contribution in [0.15, 0.2) is 71.6 Å². The van der Waals surface area contributed by atoms with Crippen LogP contribution in [-0.2, 0) is 14.8 Å². The van der Waals surface area contributed by atoms with Gasteiger partial charge in [-0.2, -0.15) is 0 Å². The number of aryl methyl sites for hydroxylation is 2. The maximum atomic E-state index is 13.6. The number of carbonyl (C=O) groups excluding carboxylic acids is 1. The number of hydrogen-bond donors (Lipinski definition) is 1. The van der Waals surface area contributed by atoms with Crippen molar-refractivity contribution in [2.45, 2.75) is 50.7 Å². The molecule has 184 valence electrons. The lowest BCUT2D eigenvalue weighted by Crippen LogP contribution is -2.45. The molecule has 3 aromatic rings. The van der Waals surface area contributed by atoms with E-state index >= 15 is 0 Å². The number of nitrogens with zero attached hydrogens (tertiary/aromatic N) is 1. The molecule has 0 saturated carbocycles. The summed E-state index contributed by atoms with van der Waals surface area (Å²) < 4.78 is 34.5. The summed E-state index contributed by atoms with van der Waals surface area (Å²) >= 11 is 6.11. The van der Waals surface area contributed by atoms with Crippen molar-refractivity contribution in [3.63, 3.8) is 0 Å². The summed E-state index contributed by atoms with van der Waals surface area (Å²) in [5.41, 5.74) is 2.50. The molecule has 1 aliphatic heterocycles. The zero-order chi connectivity index (χ0) is 25.4. The Morgan fingerprint density at radius 3 is 2.49 bits per heavy atom. The van der Waals surface area contributed by atoms with Gasteiger partial charge in [-0.25, -0.2) is 8.42 Å². The lowest BCUT2D eigenvalue weighted by Gasteiger charge is -2.38. The van der Waals surface area contributed by atoms with Gasteiger partial charge in [0.1, 0.15) is 17.9 Å². The summed E-state index contributed by atoms with van der Waals surface area (Å²) in [4.78, 5) is 13.5. The minimum atomic E-state index is -4.01. The lowest BCUT2D eigenvalue weighted by atomic mass is 9.89. The number of sulfonamides is 1. The fraction of sp³-hybridized carbons (Fsp3) is 0.296. The number of fused-ring (bicyclic) bond motifs is 1. The third-order valence-electron chi connectivity index (χ3n) is 6.01. The molecular formula is C27H29ClN2O4S. The van der Waals surface area contributed by atoms with Crippen LogP contribution in [-0.4, -0.2) is 26.5 Å². The van der Waals surface area contributed by atoms with Crippen molar-refractivity contribution in [1.82, 2.24) is 5.32 Å². The Kier molecular flexibility index (Phi) is 6.84. The first-order chi connectivity index (χ1) is 16.5. The quantitative estimate of drug-likeness (QED) is 0.468. The topological polar surface area (TPSA) is 75.7 Å².